The van der Waals surface area contributed by atoms with E-state index < -0.39 is 0 Å². The van der Waals surface area contributed by atoms with Crippen molar-refractivity contribution in [3.63, 3.8) is 0 Å². The van der Waals surface area contributed by atoms with Crippen LogP contribution in [0.2, 0.25) is 0 Å². The van der Waals surface area contributed by atoms with Gasteiger partial charge in [-0.3, -0.25) is 4.79 Å². The van der Waals surface area contributed by atoms with Gasteiger partial charge >= 0.3 is 0 Å². The minimum absolute atomic E-state index is 0.345. The van der Waals surface area contributed by atoms with Crippen LogP contribution in [0.25, 0.3) is 5.69 Å². The molecule has 3 aromatic rings. The molecule has 144 valence electrons. The first-order valence-electron chi connectivity index (χ1n) is 8.61. The topological polar surface area (TPSA) is 58.9 Å². The second kappa shape index (κ2) is 8.75. The number of benzene rings is 2. The largest absolute Gasteiger partial charge is 0.496 e. The van der Waals surface area contributed by atoms with Crippen LogP contribution in [-0.4, -0.2) is 37.9 Å². The molecular weight excluding hydrogens is 420 g/mol. The van der Waals surface area contributed by atoms with E-state index >= 15 is 0 Å². The summed E-state index contributed by atoms with van der Waals surface area (Å²) in [6.07, 6.45) is 3.56. The third kappa shape index (κ3) is 4.43. The molecule has 0 aliphatic carbocycles. The first-order valence-corrected chi connectivity index (χ1v) is 9.41. The van der Waals surface area contributed by atoms with Gasteiger partial charge in [0.05, 0.1) is 24.6 Å². The molecule has 7 heteroatoms. The summed E-state index contributed by atoms with van der Waals surface area (Å²) in [5.74, 6) is 0.142. The predicted molar refractivity (Wildman–Crippen MR) is 116 cm³/mol. The molecule has 6 nitrogen and oxygen atoms in total. The van der Waals surface area contributed by atoms with E-state index in [1.807, 2.05) is 60.1 Å². The van der Waals surface area contributed by atoms with Crippen molar-refractivity contribution in [2.75, 3.05) is 26.1 Å². The number of aromatic nitrogens is 1. The Morgan fingerprint density at radius 1 is 1.18 bits per heavy atom. The Morgan fingerprint density at radius 3 is 2.61 bits per heavy atom. The first kappa shape index (κ1) is 19.7. The van der Waals surface area contributed by atoms with E-state index in [0.29, 0.717) is 11.3 Å². The molecule has 1 heterocycles. The number of carbonyl (C=O) groups excluding carboxylic acids is 1. The number of carbonyl (C=O) groups is 1. The maximum absolute atomic E-state index is 12.4. The molecule has 0 atom stereocenters. The van der Waals surface area contributed by atoms with Gasteiger partial charge in [-0.05, 0) is 54.6 Å². The second-order valence-electron chi connectivity index (χ2n) is 6.26. The number of hydrogen-bond acceptors (Lipinski definition) is 4. The normalized spacial score (nSPS) is 10.9. The summed E-state index contributed by atoms with van der Waals surface area (Å²) in [6, 6.07) is 17.3. The van der Waals surface area contributed by atoms with Crippen LogP contribution in [-0.2, 0) is 0 Å². The average Bonchev–Trinajstić information content (AvgIpc) is 3.16. The Kier molecular flexibility index (Phi) is 6.16. The van der Waals surface area contributed by atoms with Crippen molar-refractivity contribution in [1.82, 2.24) is 9.99 Å². The monoisotopic (exact) mass is 440 g/mol. The van der Waals surface area contributed by atoms with Crippen LogP contribution in [0.1, 0.15) is 16.1 Å². The van der Waals surface area contributed by atoms with Gasteiger partial charge in [-0.1, -0.05) is 15.9 Å². The van der Waals surface area contributed by atoms with Gasteiger partial charge in [-0.15, -0.1) is 0 Å². The van der Waals surface area contributed by atoms with Gasteiger partial charge in [0.25, 0.3) is 5.91 Å². The maximum Gasteiger partial charge on any atom is 0.275 e. The molecular formula is C21H21BrN4O2. The number of nitrogens with one attached hydrogen (secondary N) is 1. The van der Waals surface area contributed by atoms with Crippen molar-refractivity contribution in [3.8, 4) is 11.4 Å². The third-order valence-corrected chi connectivity index (χ3v) is 4.69. The number of rotatable bonds is 6. The summed E-state index contributed by atoms with van der Waals surface area (Å²) in [7, 11) is 5.54. The summed E-state index contributed by atoms with van der Waals surface area (Å²) < 4.78 is 8.02. The molecule has 0 radical (unpaired) electrons. The van der Waals surface area contributed by atoms with Crippen LogP contribution in [0.4, 0.5) is 5.69 Å². The van der Waals surface area contributed by atoms with E-state index in [4.69, 9.17) is 4.74 Å². The van der Waals surface area contributed by atoms with Gasteiger partial charge in [-0.2, -0.15) is 5.10 Å². The SMILES string of the molecule is COc1ccc(Br)cc1C(=O)NN=Cc1cccn1-c1ccc(N(C)C)cc1. The molecule has 1 aromatic heterocycles. The molecule has 2 aromatic carbocycles. The zero-order valence-electron chi connectivity index (χ0n) is 15.9. The van der Waals surface area contributed by atoms with Gasteiger partial charge in [0.15, 0.2) is 0 Å². The highest BCUT2D eigenvalue weighted by molar-refractivity contribution is 9.10. The fourth-order valence-corrected chi connectivity index (χ4v) is 3.08. The lowest BCUT2D eigenvalue weighted by molar-refractivity contribution is 0.0952. The molecule has 0 fully saturated rings. The summed E-state index contributed by atoms with van der Waals surface area (Å²) in [5.41, 5.74) is 5.94. The van der Waals surface area contributed by atoms with Crippen molar-refractivity contribution >= 4 is 33.7 Å². The Morgan fingerprint density at radius 2 is 1.93 bits per heavy atom. The second-order valence-corrected chi connectivity index (χ2v) is 7.17. The van der Waals surface area contributed by atoms with Gasteiger partial charge in [-0.25, -0.2) is 5.43 Å². The van der Waals surface area contributed by atoms with E-state index in [1.54, 1.807) is 18.3 Å². The minimum atomic E-state index is -0.345. The number of hydrogen-bond donors (Lipinski definition) is 1. The smallest absolute Gasteiger partial charge is 0.275 e. The number of nitrogens with zero attached hydrogens (tertiary/aromatic N) is 3. The molecule has 1 N–H and O–H groups in total. The highest BCUT2D eigenvalue weighted by atomic mass is 79.9. The zero-order valence-corrected chi connectivity index (χ0v) is 17.5. The molecule has 0 aliphatic heterocycles. The number of ether oxygens (including phenoxy) is 1. The standard InChI is InChI=1S/C21H21BrN4O2/c1-25(2)16-7-9-17(10-8-16)26-12-4-5-18(26)14-23-24-21(27)19-13-15(22)6-11-20(19)28-3/h4-14H,1-3H3,(H,24,27). The van der Waals surface area contributed by atoms with Crippen molar-refractivity contribution < 1.29 is 9.53 Å². The van der Waals surface area contributed by atoms with Crippen molar-refractivity contribution in [2.24, 2.45) is 5.10 Å². The highest BCUT2D eigenvalue weighted by Gasteiger charge is 2.12. The van der Waals surface area contributed by atoms with Crippen molar-refractivity contribution in [3.05, 3.63) is 76.5 Å². The lowest BCUT2D eigenvalue weighted by atomic mass is 10.2. The number of amides is 1. The molecule has 0 unspecified atom stereocenters. The number of methoxy groups -OCH3 is 1. The fourth-order valence-electron chi connectivity index (χ4n) is 2.72. The van der Waals surface area contributed by atoms with E-state index in [9.17, 15) is 4.79 Å². The van der Waals surface area contributed by atoms with Crippen LogP contribution < -0.4 is 15.1 Å². The van der Waals surface area contributed by atoms with Crippen LogP contribution in [0.5, 0.6) is 5.75 Å². The first-order chi connectivity index (χ1) is 13.5. The number of anilines is 1. The molecule has 0 aliphatic rings. The number of hydrazone groups is 1. The molecule has 0 spiro atoms. The molecule has 1 amide bonds. The maximum atomic E-state index is 12.4. The third-order valence-electron chi connectivity index (χ3n) is 4.19. The van der Waals surface area contributed by atoms with E-state index in [2.05, 4.69) is 38.6 Å². The Balaban J connectivity index is 1.75. The fraction of sp³-hybridized carbons (Fsp3) is 0.143. The van der Waals surface area contributed by atoms with Crippen molar-refractivity contribution in [2.45, 2.75) is 0 Å². The zero-order chi connectivity index (χ0) is 20.1. The lowest BCUT2D eigenvalue weighted by Crippen LogP contribution is -2.18. The van der Waals surface area contributed by atoms with Gasteiger partial charge in [0, 0.05) is 36.1 Å². The van der Waals surface area contributed by atoms with Crippen LogP contribution >= 0.6 is 15.9 Å². The molecule has 0 saturated heterocycles. The quantitative estimate of drug-likeness (QED) is 0.464. The van der Waals surface area contributed by atoms with Crippen LogP contribution in [0.15, 0.2) is 70.4 Å². The van der Waals surface area contributed by atoms with Crippen LogP contribution in [0, 0.1) is 0 Å². The predicted octanol–water partition coefficient (Wildman–Crippen LogP) is 4.08. The molecule has 0 bridgehead atoms. The summed E-state index contributed by atoms with van der Waals surface area (Å²) in [5, 5.41) is 4.10. The Bertz CT molecular complexity index is 994. The van der Waals surface area contributed by atoms with E-state index in [0.717, 1.165) is 21.5 Å². The summed E-state index contributed by atoms with van der Waals surface area (Å²) in [4.78, 5) is 14.5. The van der Waals surface area contributed by atoms with Gasteiger partial charge in [0.1, 0.15) is 5.75 Å². The minimum Gasteiger partial charge on any atom is -0.496 e. The molecule has 3 rings (SSSR count). The Hall–Kier alpha value is -3.06. The molecule has 0 saturated carbocycles. The van der Waals surface area contributed by atoms with Gasteiger partial charge < -0.3 is 14.2 Å². The van der Waals surface area contributed by atoms with Crippen LogP contribution in [0.3, 0.4) is 0 Å². The van der Waals surface area contributed by atoms with Gasteiger partial charge in [0.2, 0.25) is 0 Å². The van der Waals surface area contributed by atoms with Crippen molar-refractivity contribution in [1.29, 1.82) is 0 Å². The number of halogens is 1. The molecule has 28 heavy (non-hydrogen) atoms. The highest BCUT2D eigenvalue weighted by Crippen LogP contribution is 2.23. The Labute approximate surface area is 172 Å². The summed E-state index contributed by atoms with van der Waals surface area (Å²) >= 11 is 3.36. The lowest BCUT2D eigenvalue weighted by Gasteiger charge is -2.13. The van der Waals surface area contributed by atoms with E-state index in [1.165, 1.54) is 7.11 Å². The average molecular weight is 441 g/mol. The van der Waals surface area contributed by atoms with E-state index in [-0.39, 0.29) is 5.91 Å². The summed E-state index contributed by atoms with van der Waals surface area (Å²) in [6.45, 7) is 0.